The fraction of sp³-hybridized carbons (Fsp3) is 0.435. The lowest BCUT2D eigenvalue weighted by molar-refractivity contribution is -0.141. The highest BCUT2D eigenvalue weighted by molar-refractivity contribution is 5.92. The van der Waals surface area contributed by atoms with Crippen LogP contribution in [-0.2, 0) is 32.0 Å². The number of carboxylic acids is 1. The Morgan fingerprint density at radius 3 is 2.38 bits per heavy atom. The Morgan fingerprint density at radius 2 is 1.79 bits per heavy atom. The number of imidazole rings is 1. The number of aromatic nitrogens is 2. The maximum absolute atomic E-state index is 12.8. The third-order valence-corrected chi connectivity index (χ3v) is 5.46. The molecule has 0 saturated heterocycles. The molecule has 4 atom stereocenters. The molecule has 7 N–H and O–H groups in total. The number of aromatic amines is 1. The second-order valence-corrected chi connectivity index (χ2v) is 8.13. The topological polar surface area (TPSA) is 179 Å². The maximum atomic E-state index is 12.8. The summed E-state index contributed by atoms with van der Waals surface area (Å²) in [5.41, 5.74) is 7.47. The number of carboxylic acid groups (broad SMARTS) is 1. The van der Waals surface area contributed by atoms with Gasteiger partial charge in [0, 0.05) is 18.3 Å². The van der Waals surface area contributed by atoms with Crippen LogP contribution in [0.3, 0.4) is 0 Å². The molecule has 1 aromatic heterocycles. The Labute approximate surface area is 197 Å². The van der Waals surface area contributed by atoms with Gasteiger partial charge < -0.3 is 31.8 Å². The van der Waals surface area contributed by atoms with Crippen LogP contribution in [-0.4, -0.2) is 63.4 Å². The number of hydrogen-bond acceptors (Lipinski definition) is 6. The first-order valence-corrected chi connectivity index (χ1v) is 11.1. The average molecular weight is 473 g/mol. The predicted octanol–water partition coefficient (Wildman–Crippen LogP) is -0.261. The van der Waals surface area contributed by atoms with E-state index in [4.69, 9.17) is 5.73 Å². The summed E-state index contributed by atoms with van der Waals surface area (Å²) >= 11 is 0. The molecule has 1 aromatic carbocycles. The van der Waals surface area contributed by atoms with Gasteiger partial charge in [-0.2, -0.15) is 0 Å². The van der Waals surface area contributed by atoms with Gasteiger partial charge in [-0.15, -0.1) is 0 Å². The van der Waals surface area contributed by atoms with E-state index >= 15 is 0 Å². The minimum Gasteiger partial charge on any atom is -0.480 e. The lowest BCUT2D eigenvalue weighted by Crippen LogP contribution is -2.56. The van der Waals surface area contributed by atoms with E-state index in [1.54, 1.807) is 6.92 Å². The van der Waals surface area contributed by atoms with Gasteiger partial charge in [-0.1, -0.05) is 50.6 Å². The summed E-state index contributed by atoms with van der Waals surface area (Å²) < 4.78 is 0. The molecule has 0 radical (unpaired) electrons. The molecule has 0 aliphatic carbocycles. The van der Waals surface area contributed by atoms with Crippen molar-refractivity contribution in [2.45, 2.75) is 51.2 Å². The summed E-state index contributed by atoms with van der Waals surface area (Å²) in [6, 6.07) is 6.36. The molecule has 3 amide bonds. The molecule has 2 rings (SSSR count). The van der Waals surface area contributed by atoms with E-state index in [1.165, 1.54) is 12.5 Å². The lowest BCUT2D eigenvalue weighted by atomic mass is 9.97. The number of amides is 3. The van der Waals surface area contributed by atoms with Crippen LogP contribution in [0.2, 0.25) is 0 Å². The number of carbonyl (C=O) groups excluding carboxylic acids is 3. The molecule has 2 aromatic rings. The van der Waals surface area contributed by atoms with Crippen molar-refractivity contribution in [2.24, 2.45) is 11.7 Å². The van der Waals surface area contributed by atoms with E-state index in [2.05, 4.69) is 25.9 Å². The van der Waals surface area contributed by atoms with Gasteiger partial charge in [-0.25, -0.2) is 9.78 Å². The van der Waals surface area contributed by atoms with Crippen molar-refractivity contribution in [1.29, 1.82) is 0 Å². The Bertz CT molecular complexity index is 950. The smallest absolute Gasteiger partial charge is 0.326 e. The first kappa shape index (κ1) is 26.5. The number of rotatable bonds is 13. The van der Waals surface area contributed by atoms with Crippen LogP contribution in [0, 0.1) is 5.92 Å². The summed E-state index contributed by atoms with van der Waals surface area (Å²) in [5.74, 6) is -3.13. The SMILES string of the molecule is CCC(C)C(NC(=O)C(N)Cc1ccccc1)C(=O)NCC(=O)NC(Cc1cnc[nH]1)C(=O)O. The fourth-order valence-corrected chi connectivity index (χ4v) is 3.26. The zero-order chi connectivity index (χ0) is 25.1. The maximum Gasteiger partial charge on any atom is 0.326 e. The van der Waals surface area contributed by atoms with Gasteiger partial charge in [0.2, 0.25) is 17.7 Å². The van der Waals surface area contributed by atoms with Crippen LogP contribution in [0.4, 0.5) is 0 Å². The average Bonchev–Trinajstić information content (AvgIpc) is 3.33. The van der Waals surface area contributed by atoms with Gasteiger partial charge in [-0.05, 0) is 17.9 Å². The Hall–Kier alpha value is -3.73. The minimum atomic E-state index is -1.22. The van der Waals surface area contributed by atoms with Crippen LogP contribution in [0.1, 0.15) is 31.5 Å². The molecule has 0 bridgehead atoms. The second-order valence-electron chi connectivity index (χ2n) is 8.13. The van der Waals surface area contributed by atoms with E-state index in [9.17, 15) is 24.3 Å². The molecule has 0 fully saturated rings. The Morgan fingerprint density at radius 1 is 1.09 bits per heavy atom. The molecular weight excluding hydrogens is 440 g/mol. The molecule has 0 aliphatic heterocycles. The van der Waals surface area contributed by atoms with E-state index in [0.717, 1.165) is 5.56 Å². The highest BCUT2D eigenvalue weighted by Crippen LogP contribution is 2.09. The summed E-state index contributed by atoms with van der Waals surface area (Å²) in [7, 11) is 0. The van der Waals surface area contributed by atoms with Crippen molar-refractivity contribution in [1.82, 2.24) is 25.9 Å². The molecule has 0 spiro atoms. The predicted molar refractivity (Wildman–Crippen MR) is 124 cm³/mol. The van der Waals surface area contributed by atoms with Crippen LogP contribution in [0.5, 0.6) is 0 Å². The normalized spacial score (nSPS) is 14.3. The summed E-state index contributed by atoms with van der Waals surface area (Å²) in [5, 5.41) is 16.9. The van der Waals surface area contributed by atoms with Crippen molar-refractivity contribution in [3.05, 3.63) is 54.1 Å². The molecule has 4 unspecified atom stereocenters. The van der Waals surface area contributed by atoms with Gasteiger partial charge in [0.25, 0.3) is 0 Å². The van der Waals surface area contributed by atoms with Gasteiger partial charge in [0.1, 0.15) is 12.1 Å². The third kappa shape index (κ3) is 8.32. The van der Waals surface area contributed by atoms with Crippen LogP contribution in [0.15, 0.2) is 42.9 Å². The van der Waals surface area contributed by atoms with E-state index in [1.807, 2.05) is 37.3 Å². The van der Waals surface area contributed by atoms with E-state index in [-0.39, 0.29) is 12.3 Å². The fourth-order valence-electron chi connectivity index (χ4n) is 3.26. The first-order valence-electron chi connectivity index (χ1n) is 11.1. The molecular formula is C23H32N6O5. The molecule has 1 heterocycles. The van der Waals surface area contributed by atoms with E-state index in [0.29, 0.717) is 18.5 Å². The van der Waals surface area contributed by atoms with Crippen molar-refractivity contribution >= 4 is 23.7 Å². The summed E-state index contributed by atoms with van der Waals surface area (Å²) in [6.07, 6.45) is 3.80. The highest BCUT2D eigenvalue weighted by Gasteiger charge is 2.29. The number of H-pyrrole nitrogens is 1. The van der Waals surface area contributed by atoms with Crippen molar-refractivity contribution in [2.75, 3.05) is 6.54 Å². The number of nitrogens with one attached hydrogen (secondary N) is 4. The van der Waals surface area contributed by atoms with Crippen LogP contribution < -0.4 is 21.7 Å². The van der Waals surface area contributed by atoms with Gasteiger partial charge in [0.05, 0.1) is 18.9 Å². The molecule has 0 saturated carbocycles. The largest absolute Gasteiger partial charge is 0.480 e. The van der Waals surface area contributed by atoms with Gasteiger partial charge in [0.15, 0.2) is 0 Å². The zero-order valence-electron chi connectivity index (χ0n) is 19.3. The number of hydrogen-bond donors (Lipinski definition) is 6. The van der Waals surface area contributed by atoms with Crippen LogP contribution in [0.25, 0.3) is 0 Å². The molecule has 34 heavy (non-hydrogen) atoms. The van der Waals surface area contributed by atoms with E-state index < -0.39 is 48.4 Å². The van der Waals surface area contributed by atoms with Gasteiger partial charge in [-0.3, -0.25) is 14.4 Å². The Kier molecular flexibility index (Phi) is 10.2. The molecule has 0 aliphatic rings. The molecule has 184 valence electrons. The number of nitrogens with zero attached hydrogens (tertiary/aromatic N) is 1. The van der Waals surface area contributed by atoms with Crippen molar-refractivity contribution < 1.29 is 24.3 Å². The number of aliphatic carboxylic acids is 1. The number of nitrogens with two attached hydrogens (primary N) is 1. The standard InChI is InChI=1S/C23H32N6O5/c1-3-14(2)20(29-21(31)17(24)9-15-7-5-4-6-8-15)22(32)26-12-19(30)28-18(23(33)34)10-16-11-25-13-27-16/h4-8,11,13-14,17-18,20H,3,9-10,12,24H2,1-2H3,(H,25,27)(H,26,32)(H,28,30)(H,29,31)(H,33,34). The first-order chi connectivity index (χ1) is 16.2. The lowest BCUT2D eigenvalue weighted by Gasteiger charge is -2.25. The molecule has 11 heteroatoms. The highest BCUT2D eigenvalue weighted by atomic mass is 16.4. The third-order valence-electron chi connectivity index (χ3n) is 5.46. The second kappa shape index (κ2) is 13.1. The zero-order valence-corrected chi connectivity index (χ0v) is 19.3. The number of benzene rings is 1. The summed E-state index contributed by atoms with van der Waals surface area (Å²) in [6.45, 7) is 3.24. The number of carbonyl (C=O) groups is 4. The van der Waals surface area contributed by atoms with Crippen LogP contribution >= 0.6 is 0 Å². The minimum absolute atomic E-state index is 0.0138. The molecule has 11 nitrogen and oxygen atoms in total. The monoisotopic (exact) mass is 472 g/mol. The van der Waals surface area contributed by atoms with Gasteiger partial charge >= 0.3 is 5.97 Å². The summed E-state index contributed by atoms with van der Waals surface area (Å²) in [4.78, 5) is 55.7. The van der Waals surface area contributed by atoms with Crippen molar-refractivity contribution in [3.63, 3.8) is 0 Å². The van der Waals surface area contributed by atoms with Crippen molar-refractivity contribution in [3.8, 4) is 0 Å². The quantitative estimate of drug-likeness (QED) is 0.232. The Balaban J connectivity index is 1.91.